The maximum Gasteiger partial charge on any atom is 0.0186 e. The summed E-state index contributed by atoms with van der Waals surface area (Å²) in [5.41, 5.74) is 0.677. The summed E-state index contributed by atoms with van der Waals surface area (Å²) in [6.07, 6.45) is 12.2. The van der Waals surface area contributed by atoms with Gasteiger partial charge in [-0.05, 0) is 87.2 Å². The van der Waals surface area contributed by atoms with Crippen molar-refractivity contribution in [3.05, 3.63) is 0 Å². The number of hydrogen-bond acceptors (Lipinski definition) is 2. The van der Waals surface area contributed by atoms with Gasteiger partial charge in [-0.15, -0.1) is 0 Å². The summed E-state index contributed by atoms with van der Waals surface area (Å²) in [5, 5.41) is 4.92. The molecule has 5 fully saturated rings. The van der Waals surface area contributed by atoms with Crippen LogP contribution in [-0.4, -0.2) is 23.1 Å². The number of hydrogen-bond donors (Lipinski definition) is 1. The van der Waals surface area contributed by atoms with Gasteiger partial charge in [-0.25, -0.2) is 0 Å². The van der Waals surface area contributed by atoms with Gasteiger partial charge in [0, 0.05) is 17.3 Å². The number of rotatable bonds is 3. The van der Waals surface area contributed by atoms with E-state index in [1.165, 1.54) is 18.6 Å². The van der Waals surface area contributed by atoms with Crippen molar-refractivity contribution in [2.75, 3.05) is 5.75 Å². The monoisotopic (exact) mass is 293 g/mol. The lowest BCUT2D eigenvalue weighted by molar-refractivity contribution is -0.0722. The van der Waals surface area contributed by atoms with Gasteiger partial charge in [-0.2, -0.15) is 11.8 Å². The van der Waals surface area contributed by atoms with E-state index in [0.717, 1.165) is 35.1 Å². The number of nitrogens with one attached hydrogen (secondary N) is 1. The summed E-state index contributed by atoms with van der Waals surface area (Å²) in [6, 6.07) is 1.53. The minimum atomic E-state index is 0.677. The Kier molecular flexibility index (Phi) is 3.62. The molecule has 0 aromatic heterocycles. The second-order valence-electron chi connectivity index (χ2n) is 8.49. The van der Waals surface area contributed by atoms with Crippen molar-refractivity contribution in [3.63, 3.8) is 0 Å². The molecule has 4 saturated carbocycles. The van der Waals surface area contributed by atoms with Gasteiger partial charge in [0.1, 0.15) is 0 Å². The molecule has 0 radical (unpaired) electrons. The molecule has 1 aliphatic heterocycles. The van der Waals surface area contributed by atoms with Gasteiger partial charge in [0.2, 0.25) is 0 Å². The summed E-state index contributed by atoms with van der Waals surface area (Å²) in [4.78, 5) is 0. The maximum absolute atomic E-state index is 4.10. The smallest absolute Gasteiger partial charge is 0.0186 e. The molecule has 5 rings (SSSR count). The lowest BCUT2D eigenvalue weighted by Crippen LogP contribution is -2.57. The van der Waals surface area contributed by atoms with Gasteiger partial charge in [0.25, 0.3) is 0 Å². The first kappa shape index (κ1) is 13.9. The average Bonchev–Trinajstić information content (AvgIpc) is 2.40. The molecule has 0 spiro atoms. The van der Waals surface area contributed by atoms with E-state index >= 15 is 0 Å². The van der Waals surface area contributed by atoms with E-state index in [-0.39, 0.29) is 0 Å². The third-order valence-electron chi connectivity index (χ3n) is 7.08. The summed E-state index contributed by atoms with van der Waals surface area (Å²) in [7, 11) is 0. The molecule has 114 valence electrons. The van der Waals surface area contributed by atoms with Crippen molar-refractivity contribution >= 4 is 11.8 Å². The molecular formula is C18H31NS. The van der Waals surface area contributed by atoms with Gasteiger partial charge in [0.05, 0.1) is 0 Å². The van der Waals surface area contributed by atoms with Gasteiger partial charge < -0.3 is 5.32 Å². The molecule has 1 heterocycles. The highest BCUT2D eigenvalue weighted by atomic mass is 32.2. The van der Waals surface area contributed by atoms with Crippen LogP contribution in [0.3, 0.4) is 0 Å². The minimum absolute atomic E-state index is 0.677. The van der Waals surface area contributed by atoms with Crippen molar-refractivity contribution in [1.82, 2.24) is 5.32 Å². The van der Waals surface area contributed by atoms with E-state index in [1.807, 2.05) is 0 Å². The maximum atomic E-state index is 4.10. The topological polar surface area (TPSA) is 12.0 Å². The molecule has 4 bridgehead atoms. The average molecular weight is 294 g/mol. The highest BCUT2D eigenvalue weighted by molar-refractivity contribution is 7.99. The Morgan fingerprint density at radius 2 is 1.65 bits per heavy atom. The van der Waals surface area contributed by atoms with E-state index in [9.17, 15) is 0 Å². The van der Waals surface area contributed by atoms with E-state index in [1.54, 1.807) is 38.5 Å². The second kappa shape index (κ2) is 5.19. The fourth-order valence-electron chi connectivity index (χ4n) is 6.35. The first-order valence-electron chi connectivity index (χ1n) is 9.02. The molecule has 4 aliphatic carbocycles. The summed E-state index contributed by atoms with van der Waals surface area (Å²) in [5.74, 6) is 4.64. The van der Waals surface area contributed by atoms with Crippen LogP contribution in [-0.2, 0) is 0 Å². The van der Waals surface area contributed by atoms with Crippen molar-refractivity contribution in [3.8, 4) is 0 Å². The van der Waals surface area contributed by atoms with Crippen LogP contribution in [0.15, 0.2) is 0 Å². The lowest BCUT2D eigenvalue weighted by atomic mass is 9.48. The molecule has 1 saturated heterocycles. The van der Waals surface area contributed by atoms with Crippen LogP contribution in [0.25, 0.3) is 0 Å². The van der Waals surface area contributed by atoms with Crippen LogP contribution in [0.2, 0.25) is 0 Å². The van der Waals surface area contributed by atoms with Crippen LogP contribution in [0.1, 0.15) is 65.2 Å². The Morgan fingerprint density at radius 3 is 2.20 bits per heavy atom. The Hall–Kier alpha value is 0.310. The van der Waals surface area contributed by atoms with Gasteiger partial charge in [-0.3, -0.25) is 0 Å². The molecule has 3 atom stereocenters. The lowest BCUT2D eigenvalue weighted by Gasteiger charge is -2.59. The molecule has 2 heteroatoms. The minimum Gasteiger partial charge on any atom is -0.310 e. The van der Waals surface area contributed by atoms with Crippen LogP contribution in [0, 0.1) is 23.2 Å². The number of thioether (sulfide) groups is 1. The SMILES string of the molecule is CC1SCCCC1NC(C)C12CC3CC(CC(C3)C1)C2. The normalized spacial score (nSPS) is 52.2. The van der Waals surface area contributed by atoms with Crippen LogP contribution < -0.4 is 5.32 Å². The molecule has 0 aromatic carbocycles. The first-order chi connectivity index (χ1) is 9.64. The zero-order chi connectivity index (χ0) is 13.7. The summed E-state index contributed by atoms with van der Waals surface area (Å²) in [6.45, 7) is 4.97. The third-order valence-corrected chi connectivity index (χ3v) is 8.45. The summed E-state index contributed by atoms with van der Waals surface area (Å²) >= 11 is 2.18. The van der Waals surface area contributed by atoms with E-state index in [4.69, 9.17) is 0 Å². The van der Waals surface area contributed by atoms with Crippen molar-refractivity contribution in [2.45, 2.75) is 82.5 Å². The largest absolute Gasteiger partial charge is 0.310 e. The Labute approximate surface area is 129 Å². The molecule has 0 aromatic rings. The highest BCUT2D eigenvalue weighted by Gasteiger charge is 2.53. The Bertz CT molecular complexity index is 331. The third kappa shape index (κ3) is 2.35. The van der Waals surface area contributed by atoms with Crippen LogP contribution in [0.5, 0.6) is 0 Å². The van der Waals surface area contributed by atoms with E-state index in [0.29, 0.717) is 5.41 Å². The molecule has 1 nitrogen and oxygen atoms in total. The second-order valence-corrected chi connectivity index (χ2v) is 9.98. The van der Waals surface area contributed by atoms with Gasteiger partial charge >= 0.3 is 0 Å². The van der Waals surface area contributed by atoms with Crippen LogP contribution in [0.4, 0.5) is 0 Å². The van der Waals surface area contributed by atoms with E-state index < -0.39 is 0 Å². The van der Waals surface area contributed by atoms with Crippen LogP contribution >= 0.6 is 11.8 Å². The van der Waals surface area contributed by atoms with Crippen molar-refractivity contribution in [2.24, 2.45) is 23.2 Å². The molecule has 5 aliphatic rings. The fourth-order valence-corrected chi connectivity index (χ4v) is 7.50. The van der Waals surface area contributed by atoms with E-state index in [2.05, 4.69) is 30.9 Å². The summed E-state index contributed by atoms with van der Waals surface area (Å²) < 4.78 is 0. The molecule has 20 heavy (non-hydrogen) atoms. The molecule has 0 amide bonds. The van der Waals surface area contributed by atoms with Gasteiger partial charge in [0.15, 0.2) is 0 Å². The first-order valence-corrected chi connectivity index (χ1v) is 10.1. The molecule has 1 N–H and O–H groups in total. The molecule has 3 unspecified atom stereocenters. The fraction of sp³-hybridized carbons (Fsp3) is 1.00. The zero-order valence-electron chi connectivity index (χ0n) is 13.2. The van der Waals surface area contributed by atoms with Crippen molar-refractivity contribution in [1.29, 1.82) is 0 Å². The van der Waals surface area contributed by atoms with Crippen molar-refractivity contribution < 1.29 is 0 Å². The highest BCUT2D eigenvalue weighted by Crippen LogP contribution is 2.61. The Morgan fingerprint density at radius 1 is 1.05 bits per heavy atom. The molecular weight excluding hydrogens is 262 g/mol. The Balaban J connectivity index is 1.46. The predicted octanol–water partition coefficient (Wildman–Crippen LogP) is 4.47. The predicted molar refractivity (Wildman–Crippen MR) is 88.1 cm³/mol. The van der Waals surface area contributed by atoms with Gasteiger partial charge in [-0.1, -0.05) is 6.92 Å². The zero-order valence-corrected chi connectivity index (χ0v) is 14.1. The standard InChI is InChI=1S/C18H31NS/c1-12-17(4-3-5-20-12)19-13(2)18-9-14-6-15(10-18)8-16(7-14)11-18/h12-17,19H,3-11H2,1-2H3. The quantitative estimate of drug-likeness (QED) is 0.824.